The molecule has 64 heavy (non-hydrogen) atoms. The molecule has 1 aliphatic heterocycles. The fraction of sp³-hybridized carbons (Fsp3) is 0.830. The molecule has 0 aromatic heterocycles. The summed E-state index contributed by atoms with van der Waals surface area (Å²) < 4.78 is 10.9. The molecule has 1 saturated heterocycles. The lowest BCUT2D eigenvalue weighted by atomic mass is 9.33. The monoisotopic (exact) mass is 904 g/mol. The number of nitrogens with one attached hydrogen (secondary N) is 1. The second kappa shape index (κ2) is 20.8. The molecule has 0 unspecified atom stereocenters. The number of carbonyl (C=O) groups excluding carboxylic acids is 6. The minimum Gasteiger partial charge on any atom is -0.378 e. The quantitative estimate of drug-likeness (QED) is 0.0581. The highest BCUT2D eigenvalue weighted by Crippen LogP contribution is 2.74. The topological polar surface area (TPSA) is 201 Å². The Kier molecular flexibility index (Phi) is 16.3. The molecule has 0 bridgehead atoms. The molecule has 6 aliphatic rings. The zero-order valence-corrected chi connectivity index (χ0v) is 39.1. The Hall–Kier alpha value is -3.16. The van der Waals surface area contributed by atoms with Gasteiger partial charge in [0.1, 0.15) is 45.4 Å². The van der Waals surface area contributed by atoms with Gasteiger partial charge in [0.2, 0.25) is 5.91 Å². The normalized spacial score (nSPS) is 34.4. The van der Waals surface area contributed by atoms with Crippen molar-refractivity contribution >= 4 is 35.3 Å². The highest BCUT2D eigenvalue weighted by atomic mass is 17.2. The van der Waals surface area contributed by atoms with Gasteiger partial charge < -0.3 is 19.6 Å². The lowest BCUT2D eigenvalue weighted by Crippen LogP contribution is -2.66. The molecule has 0 radical (unpaired) electrons. The molecule has 0 aromatic carbocycles. The number of carbonyl (C=O) groups is 6. The summed E-state index contributed by atoms with van der Waals surface area (Å²) in [5, 5.41) is 3.62. The van der Waals surface area contributed by atoms with Gasteiger partial charge in [-0.1, -0.05) is 54.0 Å². The molecule has 0 aromatic rings. The number of ether oxygens (including phenoxy) is 2. The van der Waals surface area contributed by atoms with Crippen molar-refractivity contribution in [3.05, 3.63) is 11.6 Å². The van der Waals surface area contributed by atoms with E-state index in [9.17, 15) is 28.8 Å². The van der Waals surface area contributed by atoms with Gasteiger partial charge in [-0.3, -0.25) is 24.0 Å². The smallest absolute Gasteiger partial charge is 0.335 e. The molecule has 6 rings (SSSR count). The fourth-order valence-corrected chi connectivity index (χ4v) is 12.5. The molecule has 0 spiro atoms. The Labute approximate surface area is 377 Å². The summed E-state index contributed by atoms with van der Waals surface area (Å²) in [5.74, 6) is -0.977. The number of amides is 3. The summed E-state index contributed by atoms with van der Waals surface area (Å²) in [7, 11) is 0. The fourth-order valence-electron chi connectivity index (χ4n) is 12.5. The molecule has 8 atom stereocenters. The number of hydroxylamine groups is 2. The minimum atomic E-state index is -0.743. The SMILES string of the molecule is CC1(C)C(=O)CC[C@]2(C)[C@H]3C(=O)C=C4[C@H]5C[C@@](C)(C(=O)NCCOCCOOCCOOCCOOCCOCCC(=O)ON6C(=O)CCC6=O)CC[C@]5(C)CC[C@@]4(C)[C@]3(C)CC[C@@H]12. The van der Waals surface area contributed by atoms with Gasteiger partial charge in [0.25, 0.3) is 11.8 Å². The number of hydrogen-bond donors (Lipinski definition) is 1. The highest BCUT2D eigenvalue weighted by molar-refractivity contribution is 6.01. The first-order valence-corrected chi connectivity index (χ1v) is 23.4. The van der Waals surface area contributed by atoms with Crippen LogP contribution in [-0.2, 0) is 72.4 Å². The van der Waals surface area contributed by atoms with E-state index < -0.39 is 28.6 Å². The van der Waals surface area contributed by atoms with Crippen LogP contribution in [0.5, 0.6) is 0 Å². The summed E-state index contributed by atoms with van der Waals surface area (Å²) in [6, 6.07) is 0. The van der Waals surface area contributed by atoms with Crippen LogP contribution in [-0.4, -0.2) is 113 Å². The van der Waals surface area contributed by atoms with E-state index in [1.54, 1.807) is 0 Å². The third-order valence-corrected chi connectivity index (χ3v) is 16.4. The van der Waals surface area contributed by atoms with Crippen LogP contribution < -0.4 is 5.32 Å². The van der Waals surface area contributed by atoms with Crippen molar-refractivity contribution in [2.75, 3.05) is 72.6 Å². The molecule has 17 nitrogen and oxygen atoms in total. The molecule has 5 aliphatic carbocycles. The Balaban J connectivity index is 0.805. The van der Waals surface area contributed by atoms with E-state index in [0.717, 1.165) is 44.9 Å². The maximum absolute atomic E-state index is 14.6. The number of ketones is 2. The van der Waals surface area contributed by atoms with Crippen LogP contribution in [0.1, 0.15) is 126 Å². The van der Waals surface area contributed by atoms with E-state index in [-0.39, 0.29) is 130 Å². The number of rotatable bonds is 23. The van der Waals surface area contributed by atoms with E-state index in [4.69, 9.17) is 43.6 Å². The molecular formula is C47H72N2O15. The Morgan fingerprint density at radius 1 is 0.672 bits per heavy atom. The first-order chi connectivity index (χ1) is 30.3. The number of Topliss-reactive ketones (excluding diaryl/α,β-unsaturated/α-hetero) is 1. The maximum atomic E-state index is 14.6. The molecular weight excluding hydrogens is 833 g/mol. The summed E-state index contributed by atoms with van der Waals surface area (Å²) in [6.07, 6.45) is 9.78. The van der Waals surface area contributed by atoms with Gasteiger partial charge in [-0.2, -0.15) is 0 Å². The second-order valence-electron chi connectivity index (χ2n) is 20.6. The van der Waals surface area contributed by atoms with Gasteiger partial charge >= 0.3 is 5.97 Å². The zero-order valence-electron chi connectivity index (χ0n) is 39.1. The predicted molar refractivity (Wildman–Crippen MR) is 227 cm³/mol. The van der Waals surface area contributed by atoms with E-state index in [1.165, 1.54) is 5.57 Å². The number of imide groups is 1. The van der Waals surface area contributed by atoms with Crippen molar-refractivity contribution in [2.45, 2.75) is 126 Å². The molecule has 4 saturated carbocycles. The first kappa shape index (κ1) is 50.3. The van der Waals surface area contributed by atoms with Crippen molar-refractivity contribution in [3.63, 3.8) is 0 Å². The van der Waals surface area contributed by atoms with Crippen molar-refractivity contribution in [1.82, 2.24) is 10.4 Å². The van der Waals surface area contributed by atoms with E-state index in [0.29, 0.717) is 36.8 Å². The van der Waals surface area contributed by atoms with Crippen LogP contribution in [0.25, 0.3) is 0 Å². The van der Waals surface area contributed by atoms with Gasteiger partial charge in [0.15, 0.2) is 5.78 Å². The average Bonchev–Trinajstić information content (AvgIpc) is 3.56. The maximum Gasteiger partial charge on any atom is 0.335 e. The molecule has 1 N–H and O–H groups in total. The van der Waals surface area contributed by atoms with Crippen molar-refractivity contribution in [2.24, 2.45) is 50.2 Å². The van der Waals surface area contributed by atoms with Crippen LogP contribution in [0.2, 0.25) is 0 Å². The zero-order chi connectivity index (χ0) is 46.4. The summed E-state index contributed by atoms with van der Waals surface area (Å²) in [6.45, 7) is 17.6. The molecule has 5 fully saturated rings. The number of fused-ring (bicyclic) bond motifs is 7. The molecule has 1 heterocycles. The molecule has 17 heteroatoms. The Bertz CT molecular complexity index is 1750. The average molecular weight is 905 g/mol. The lowest BCUT2D eigenvalue weighted by molar-refractivity contribution is -0.360. The largest absolute Gasteiger partial charge is 0.378 e. The molecule has 360 valence electrons. The van der Waals surface area contributed by atoms with Gasteiger partial charge in [-0.05, 0) is 90.9 Å². The highest BCUT2D eigenvalue weighted by Gasteiger charge is 2.70. The summed E-state index contributed by atoms with van der Waals surface area (Å²) in [4.78, 5) is 111. The third-order valence-electron chi connectivity index (χ3n) is 16.4. The first-order valence-electron chi connectivity index (χ1n) is 23.4. The summed E-state index contributed by atoms with van der Waals surface area (Å²) in [5.41, 5.74) is -0.240. The lowest BCUT2D eigenvalue weighted by Gasteiger charge is -2.70. The van der Waals surface area contributed by atoms with Gasteiger partial charge in [-0.15, -0.1) is 5.06 Å². The van der Waals surface area contributed by atoms with Gasteiger partial charge in [-0.25, -0.2) is 34.1 Å². The molecule has 3 amide bonds. The van der Waals surface area contributed by atoms with Crippen molar-refractivity contribution in [3.8, 4) is 0 Å². The standard InChI is InChI=1S/C47H72N2O15/c1-42(2)35-10-14-47(7)40(45(35,5)13-11-36(42)51)34(50)30-32-33-31-44(4,16-15-43(33,3)17-18-46(32,47)6)41(55)48-19-21-57-23-25-59-61-27-29-63-62-28-26-60-58-24-22-56-20-12-39(54)64-49-37(52)8-9-38(49)53/h30,33,35,40H,8-29,31H2,1-7H3,(H,48,55)/t33-,35+,40-,43-,44+,45+,46-,47-/m1/s1. The van der Waals surface area contributed by atoms with Crippen LogP contribution in [0.4, 0.5) is 0 Å². The number of nitrogens with zero attached hydrogens (tertiary/aromatic N) is 1. The van der Waals surface area contributed by atoms with E-state index >= 15 is 0 Å². The van der Waals surface area contributed by atoms with Crippen molar-refractivity contribution in [1.29, 1.82) is 0 Å². The van der Waals surface area contributed by atoms with Crippen molar-refractivity contribution < 1.29 is 72.4 Å². The van der Waals surface area contributed by atoms with Gasteiger partial charge in [0.05, 0.1) is 32.8 Å². The second-order valence-corrected chi connectivity index (χ2v) is 20.6. The summed E-state index contributed by atoms with van der Waals surface area (Å²) >= 11 is 0. The Morgan fingerprint density at radius 3 is 1.84 bits per heavy atom. The third kappa shape index (κ3) is 10.4. The number of allylic oxidation sites excluding steroid dienone is 2. The van der Waals surface area contributed by atoms with E-state index in [2.05, 4.69) is 53.8 Å². The van der Waals surface area contributed by atoms with Crippen LogP contribution in [0, 0.1) is 50.2 Å². The predicted octanol–water partition coefficient (Wildman–Crippen LogP) is 5.53. The van der Waals surface area contributed by atoms with Crippen LogP contribution in [0.3, 0.4) is 0 Å². The Morgan fingerprint density at radius 2 is 1.23 bits per heavy atom. The van der Waals surface area contributed by atoms with E-state index in [1.807, 2.05) is 6.08 Å². The van der Waals surface area contributed by atoms with Crippen LogP contribution >= 0.6 is 0 Å². The minimum absolute atomic E-state index is 0.0204. The number of hydrogen-bond acceptors (Lipinski definition) is 15. The van der Waals surface area contributed by atoms with Crippen LogP contribution in [0.15, 0.2) is 11.6 Å². The van der Waals surface area contributed by atoms with Gasteiger partial charge in [0, 0.05) is 42.6 Å².